The Balaban J connectivity index is 2.78. The number of aromatic carboxylic acids is 1. The van der Waals surface area contributed by atoms with Gasteiger partial charge in [0.25, 0.3) is 5.69 Å². The Hall–Kier alpha value is -2.20. The number of benzene rings is 1. The molecule has 0 fully saturated rings. The third-order valence-corrected chi connectivity index (χ3v) is 3.05. The number of thioether (sulfide) groups is 1. The van der Waals surface area contributed by atoms with Crippen molar-refractivity contribution < 1.29 is 14.8 Å². The number of terminal acetylenes is 1. The number of carboxylic acid groups (broad SMARTS) is 1. The number of hydrogen-bond acceptors (Lipinski definition) is 5. The smallest absolute Gasteiger partial charge is 0.335 e. The predicted octanol–water partition coefficient (Wildman–Crippen LogP) is 2.07. The van der Waals surface area contributed by atoms with Gasteiger partial charge in [-0.2, -0.15) is 0 Å². The molecule has 0 radical (unpaired) electrons. The van der Waals surface area contributed by atoms with Gasteiger partial charge in [0.1, 0.15) is 5.69 Å². The van der Waals surface area contributed by atoms with E-state index in [1.807, 2.05) is 0 Å². The first-order chi connectivity index (χ1) is 9.06. The summed E-state index contributed by atoms with van der Waals surface area (Å²) in [6.07, 6.45) is 5.09. The van der Waals surface area contributed by atoms with E-state index < -0.39 is 10.9 Å². The van der Waals surface area contributed by atoms with Crippen molar-refractivity contribution in [1.82, 2.24) is 0 Å². The third-order valence-electron chi connectivity index (χ3n) is 2.19. The molecule has 0 atom stereocenters. The number of nitro groups is 1. The minimum Gasteiger partial charge on any atom is -0.478 e. The number of nitrogens with zero attached hydrogens (tertiary/aromatic N) is 1. The van der Waals surface area contributed by atoms with Crippen molar-refractivity contribution in [2.45, 2.75) is 0 Å². The number of hydrogen-bond donors (Lipinski definition) is 2. The highest BCUT2D eigenvalue weighted by atomic mass is 32.2. The van der Waals surface area contributed by atoms with Gasteiger partial charge in [-0.15, -0.1) is 18.2 Å². The van der Waals surface area contributed by atoms with Gasteiger partial charge in [-0.05, 0) is 12.1 Å². The first-order valence-electron chi connectivity index (χ1n) is 5.33. The number of anilines is 1. The minimum absolute atomic E-state index is 0.00405. The van der Waals surface area contributed by atoms with Crippen molar-refractivity contribution in [2.75, 3.05) is 23.4 Å². The molecule has 2 N–H and O–H groups in total. The monoisotopic (exact) mass is 280 g/mol. The quantitative estimate of drug-likeness (QED) is 0.344. The van der Waals surface area contributed by atoms with E-state index in [2.05, 4.69) is 11.2 Å². The van der Waals surface area contributed by atoms with Crippen LogP contribution in [0, 0.1) is 22.5 Å². The summed E-state index contributed by atoms with van der Waals surface area (Å²) >= 11 is 1.51. The lowest BCUT2D eigenvalue weighted by molar-refractivity contribution is -0.384. The molecule has 0 amide bonds. The highest BCUT2D eigenvalue weighted by molar-refractivity contribution is 7.99. The molecular weight excluding hydrogens is 268 g/mol. The fourth-order valence-electron chi connectivity index (χ4n) is 1.36. The molecule has 0 saturated heterocycles. The van der Waals surface area contributed by atoms with Crippen LogP contribution in [-0.2, 0) is 0 Å². The van der Waals surface area contributed by atoms with E-state index in [1.165, 1.54) is 30.0 Å². The van der Waals surface area contributed by atoms with Crippen LogP contribution in [0.5, 0.6) is 0 Å². The first kappa shape index (κ1) is 14.9. The molecule has 7 heteroatoms. The molecule has 1 rings (SSSR count). The van der Waals surface area contributed by atoms with Crippen LogP contribution in [0.15, 0.2) is 18.2 Å². The normalized spacial score (nSPS) is 9.63. The minimum atomic E-state index is -1.13. The first-order valence-corrected chi connectivity index (χ1v) is 6.48. The number of rotatable bonds is 7. The van der Waals surface area contributed by atoms with Gasteiger partial charge in [0.05, 0.1) is 16.2 Å². The van der Waals surface area contributed by atoms with Gasteiger partial charge in [0, 0.05) is 18.4 Å². The molecule has 0 saturated carbocycles. The van der Waals surface area contributed by atoms with Crippen LogP contribution in [0.25, 0.3) is 0 Å². The summed E-state index contributed by atoms with van der Waals surface area (Å²) in [6, 6.07) is 3.64. The number of nitro benzene ring substituents is 1. The fraction of sp³-hybridized carbons (Fsp3) is 0.250. The Morgan fingerprint density at radius 1 is 1.58 bits per heavy atom. The van der Waals surface area contributed by atoms with Gasteiger partial charge in [0.2, 0.25) is 0 Å². The SMILES string of the molecule is C#CCSCCNc1cc(C(=O)O)ccc1[N+](=O)[O-]. The molecular formula is C12H12N2O4S. The van der Waals surface area contributed by atoms with Crippen molar-refractivity contribution in [2.24, 2.45) is 0 Å². The Morgan fingerprint density at radius 2 is 2.32 bits per heavy atom. The van der Waals surface area contributed by atoms with Crippen LogP contribution >= 0.6 is 11.8 Å². The summed E-state index contributed by atoms with van der Waals surface area (Å²) in [7, 11) is 0. The molecule has 0 aliphatic rings. The molecule has 0 bridgehead atoms. The summed E-state index contributed by atoms with van der Waals surface area (Å²) in [5.41, 5.74) is 0.0579. The second kappa shape index (κ2) is 7.28. The summed E-state index contributed by atoms with van der Waals surface area (Å²) < 4.78 is 0. The average Bonchev–Trinajstić information content (AvgIpc) is 2.38. The van der Waals surface area contributed by atoms with Gasteiger partial charge in [-0.3, -0.25) is 10.1 Å². The molecule has 1 aromatic carbocycles. The van der Waals surface area contributed by atoms with Crippen molar-refractivity contribution in [3.8, 4) is 12.3 Å². The van der Waals surface area contributed by atoms with E-state index in [9.17, 15) is 14.9 Å². The third kappa shape index (κ3) is 4.52. The Kier molecular flexibility index (Phi) is 5.70. The molecule has 0 aliphatic carbocycles. The van der Waals surface area contributed by atoms with E-state index >= 15 is 0 Å². The highest BCUT2D eigenvalue weighted by Crippen LogP contribution is 2.25. The molecule has 0 unspecified atom stereocenters. The van der Waals surface area contributed by atoms with Gasteiger partial charge < -0.3 is 10.4 Å². The zero-order valence-corrected chi connectivity index (χ0v) is 10.8. The zero-order chi connectivity index (χ0) is 14.3. The maximum absolute atomic E-state index is 10.8. The summed E-state index contributed by atoms with van der Waals surface area (Å²) in [6.45, 7) is 0.469. The topological polar surface area (TPSA) is 92.5 Å². The fourth-order valence-corrected chi connectivity index (χ4v) is 1.87. The van der Waals surface area contributed by atoms with E-state index in [-0.39, 0.29) is 16.9 Å². The summed E-state index contributed by atoms with van der Waals surface area (Å²) in [5, 5.41) is 22.5. The molecule has 0 aromatic heterocycles. The van der Waals surface area contributed by atoms with Gasteiger partial charge >= 0.3 is 5.97 Å². The van der Waals surface area contributed by atoms with Crippen molar-refractivity contribution in [3.63, 3.8) is 0 Å². The molecule has 19 heavy (non-hydrogen) atoms. The second-order valence-electron chi connectivity index (χ2n) is 3.48. The lowest BCUT2D eigenvalue weighted by Gasteiger charge is -2.07. The molecule has 0 aliphatic heterocycles. The Morgan fingerprint density at radius 3 is 2.89 bits per heavy atom. The van der Waals surface area contributed by atoms with E-state index in [4.69, 9.17) is 11.5 Å². The van der Waals surface area contributed by atoms with E-state index in [0.717, 1.165) is 0 Å². The van der Waals surface area contributed by atoms with Crippen LogP contribution in [0.4, 0.5) is 11.4 Å². The average molecular weight is 280 g/mol. The molecule has 0 heterocycles. The van der Waals surface area contributed by atoms with Crippen molar-refractivity contribution in [3.05, 3.63) is 33.9 Å². The number of carboxylic acids is 1. The Labute approximate surface area is 114 Å². The number of carbonyl (C=O) groups is 1. The van der Waals surface area contributed by atoms with Crippen LogP contribution in [-0.4, -0.2) is 34.0 Å². The largest absolute Gasteiger partial charge is 0.478 e. The lowest BCUT2D eigenvalue weighted by Crippen LogP contribution is -2.08. The predicted molar refractivity (Wildman–Crippen MR) is 74.7 cm³/mol. The second-order valence-corrected chi connectivity index (χ2v) is 4.58. The Bertz CT molecular complexity index is 525. The standard InChI is InChI=1S/C12H12N2O4S/c1-2-6-19-7-5-13-10-8-9(12(15)16)3-4-11(10)14(17)18/h1,3-4,8,13H,5-7H2,(H,15,16). The zero-order valence-electron chi connectivity index (χ0n) is 9.96. The van der Waals surface area contributed by atoms with Gasteiger partial charge in [0.15, 0.2) is 0 Å². The van der Waals surface area contributed by atoms with E-state index in [0.29, 0.717) is 18.1 Å². The highest BCUT2D eigenvalue weighted by Gasteiger charge is 2.15. The maximum Gasteiger partial charge on any atom is 0.335 e. The van der Waals surface area contributed by atoms with Crippen LogP contribution < -0.4 is 5.32 Å². The van der Waals surface area contributed by atoms with Crippen LogP contribution in [0.2, 0.25) is 0 Å². The summed E-state index contributed by atoms with van der Waals surface area (Å²) in [5.74, 6) is 2.59. The summed E-state index contributed by atoms with van der Waals surface area (Å²) in [4.78, 5) is 21.1. The molecule has 100 valence electrons. The van der Waals surface area contributed by atoms with Gasteiger partial charge in [-0.25, -0.2) is 4.79 Å². The molecule has 0 spiro atoms. The van der Waals surface area contributed by atoms with Crippen LogP contribution in [0.3, 0.4) is 0 Å². The molecule has 6 nitrogen and oxygen atoms in total. The van der Waals surface area contributed by atoms with Crippen molar-refractivity contribution in [1.29, 1.82) is 0 Å². The van der Waals surface area contributed by atoms with Crippen molar-refractivity contribution >= 4 is 29.1 Å². The van der Waals surface area contributed by atoms with Gasteiger partial charge in [-0.1, -0.05) is 5.92 Å². The van der Waals surface area contributed by atoms with E-state index in [1.54, 1.807) is 0 Å². The molecule has 1 aromatic rings. The van der Waals surface area contributed by atoms with Crippen LogP contribution in [0.1, 0.15) is 10.4 Å². The lowest BCUT2D eigenvalue weighted by atomic mass is 10.1. The maximum atomic E-state index is 10.8. The number of nitrogens with one attached hydrogen (secondary N) is 1.